The Hall–Kier alpha value is -3.00. The van der Waals surface area contributed by atoms with E-state index in [1.54, 1.807) is 36.4 Å². The Morgan fingerprint density at radius 3 is 2.17 bits per heavy atom. The molecule has 10 nitrogen and oxygen atoms in total. The number of aromatic hydroxyl groups is 1. The SMILES string of the molecule is Nc1ccc2cc(S(=O)(=O)O)cc(O)c2c1N=Nc1ccccc1S(=O)(=O)Nc1ccccc1.[NaH]. The van der Waals surface area contributed by atoms with Crippen LogP contribution in [-0.2, 0) is 20.1 Å². The fourth-order valence-corrected chi connectivity index (χ4v) is 4.99. The molecule has 0 saturated carbocycles. The number of phenolic OH excluding ortho intramolecular Hbond substituents is 1. The molecular weight excluding hydrogens is 503 g/mol. The molecule has 4 rings (SSSR count). The van der Waals surface area contributed by atoms with E-state index < -0.39 is 30.8 Å². The summed E-state index contributed by atoms with van der Waals surface area (Å²) in [6.07, 6.45) is 0. The Bertz CT molecular complexity index is 1640. The quantitative estimate of drug-likeness (QED) is 0.128. The van der Waals surface area contributed by atoms with E-state index in [2.05, 4.69) is 15.0 Å². The second kappa shape index (κ2) is 10.3. The van der Waals surface area contributed by atoms with E-state index >= 15 is 0 Å². The van der Waals surface area contributed by atoms with Gasteiger partial charge in [-0.25, -0.2) is 8.42 Å². The minimum absolute atomic E-state index is 0. The molecule has 4 aromatic carbocycles. The topological polar surface area (TPSA) is 172 Å². The molecule has 0 amide bonds. The van der Waals surface area contributed by atoms with E-state index in [4.69, 9.17) is 5.73 Å². The fourth-order valence-electron chi connectivity index (χ4n) is 3.26. The first kappa shape index (κ1) is 26.6. The number of nitrogens with one attached hydrogen (secondary N) is 1. The van der Waals surface area contributed by atoms with Gasteiger partial charge >= 0.3 is 29.6 Å². The van der Waals surface area contributed by atoms with Gasteiger partial charge in [0.05, 0.1) is 16.0 Å². The molecule has 4 aromatic rings. The van der Waals surface area contributed by atoms with Crippen LogP contribution in [0.3, 0.4) is 0 Å². The van der Waals surface area contributed by atoms with Crippen molar-refractivity contribution in [3.05, 3.63) is 78.9 Å². The van der Waals surface area contributed by atoms with Gasteiger partial charge in [0.25, 0.3) is 20.1 Å². The number of nitrogen functional groups attached to an aromatic ring is 1. The van der Waals surface area contributed by atoms with E-state index in [0.717, 1.165) is 12.1 Å². The Morgan fingerprint density at radius 1 is 0.829 bits per heavy atom. The Kier molecular flexibility index (Phi) is 7.84. The van der Waals surface area contributed by atoms with Crippen LogP contribution >= 0.6 is 0 Å². The number of hydrogen-bond donors (Lipinski definition) is 4. The molecule has 176 valence electrons. The molecule has 0 radical (unpaired) electrons. The zero-order valence-corrected chi connectivity index (χ0v) is 19.0. The van der Waals surface area contributed by atoms with Gasteiger partial charge in [0.1, 0.15) is 22.0 Å². The van der Waals surface area contributed by atoms with E-state index in [0.29, 0.717) is 5.69 Å². The molecule has 0 aliphatic carbocycles. The molecule has 13 heteroatoms. The molecule has 35 heavy (non-hydrogen) atoms. The summed E-state index contributed by atoms with van der Waals surface area (Å²) in [5.74, 6) is -0.502. The second-order valence-corrected chi connectivity index (χ2v) is 10.2. The van der Waals surface area contributed by atoms with Gasteiger partial charge in [-0.15, -0.1) is 10.2 Å². The normalized spacial score (nSPS) is 11.9. The predicted octanol–water partition coefficient (Wildman–Crippen LogP) is 3.94. The van der Waals surface area contributed by atoms with Crippen LogP contribution in [0.15, 0.2) is 98.9 Å². The third kappa shape index (κ3) is 5.81. The monoisotopic (exact) mass is 522 g/mol. The molecule has 0 aromatic heterocycles. The Morgan fingerprint density at radius 2 is 1.49 bits per heavy atom. The number of azo groups is 1. The molecular formula is C22H19N4NaO6S2. The molecule has 0 aliphatic rings. The van der Waals surface area contributed by atoms with Crippen molar-refractivity contribution in [3.63, 3.8) is 0 Å². The zero-order chi connectivity index (χ0) is 24.5. The van der Waals surface area contributed by atoms with Crippen LogP contribution in [0.25, 0.3) is 10.8 Å². The van der Waals surface area contributed by atoms with Crippen molar-refractivity contribution in [1.29, 1.82) is 0 Å². The van der Waals surface area contributed by atoms with Crippen molar-refractivity contribution in [3.8, 4) is 5.75 Å². The third-order valence-electron chi connectivity index (χ3n) is 4.81. The number of phenols is 1. The van der Waals surface area contributed by atoms with Crippen molar-refractivity contribution in [2.45, 2.75) is 9.79 Å². The van der Waals surface area contributed by atoms with Crippen molar-refractivity contribution >= 4 is 83.2 Å². The first-order valence-corrected chi connectivity index (χ1v) is 12.6. The van der Waals surface area contributed by atoms with E-state index in [1.165, 1.54) is 30.3 Å². The number of rotatable bonds is 6. The number of fused-ring (bicyclic) bond motifs is 1. The summed E-state index contributed by atoms with van der Waals surface area (Å²) < 4.78 is 60.6. The Labute approximate surface area is 223 Å². The van der Waals surface area contributed by atoms with Crippen LogP contribution in [-0.4, -0.2) is 56.1 Å². The van der Waals surface area contributed by atoms with Crippen molar-refractivity contribution in [1.82, 2.24) is 0 Å². The first-order valence-electron chi connectivity index (χ1n) is 9.67. The molecule has 0 heterocycles. The van der Waals surface area contributed by atoms with Crippen LogP contribution in [0, 0.1) is 0 Å². The molecule has 0 fully saturated rings. The van der Waals surface area contributed by atoms with Crippen LogP contribution < -0.4 is 10.5 Å². The third-order valence-corrected chi connectivity index (χ3v) is 7.07. The molecule has 0 bridgehead atoms. The van der Waals surface area contributed by atoms with Crippen molar-refractivity contribution in [2.75, 3.05) is 10.5 Å². The van der Waals surface area contributed by atoms with Crippen LogP contribution in [0.5, 0.6) is 5.75 Å². The molecule has 0 atom stereocenters. The average Bonchev–Trinajstić information content (AvgIpc) is 2.78. The number of sulfonamides is 1. The van der Waals surface area contributed by atoms with Crippen molar-refractivity contribution < 1.29 is 26.5 Å². The van der Waals surface area contributed by atoms with Gasteiger partial charge in [-0.2, -0.15) is 8.42 Å². The van der Waals surface area contributed by atoms with Gasteiger partial charge in [0, 0.05) is 11.8 Å². The standard InChI is InChI=1S/C22H18N4O6S2.Na.H/c23-17-11-10-14-12-16(34(30,31)32)13-19(27)21(14)22(17)25-24-18-8-4-5-9-20(18)33(28,29)26-15-6-2-1-3-7-15;;/h1-13,26-27H,23H2,(H,30,31,32);;. The number of nitrogens with zero attached hydrogens (tertiary/aromatic N) is 2. The molecule has 0 saturated heterocycles. The molecule has 0 aliphatic heterocycles. The number of nitrogens with two attached hydrogens (primary N) is 1. The zero-order valence-electron chi connectivity index (χ0n) is 17.3. The summed E-state index contributed by atoms with van der Waals surface area (Å²) in [6, 6.07) is 19.1. The van der Waals surface area contributed by atoms with Gasteiger partial charge in [-0.3, -0.25) is 9.27 Å². The van der Waals surface area contributed by atoms with Gasteiger partial charge in [-0.1, -0.05) is 36.4 Å². The summed E-state index contributed by atoms with van der Waals surface area (Å²) in [7, 11) is -8.57. The molecule has 0 spiro atoms. The summed E-state index contributed by atoms with van der Waals surface area (Å²) in [5, 5.41) is 18.9. The second-order valence-electron chi connectivity index (χ2n) is 7.16. The van der Waals surface area contributed by atoms with Gasteiger partial charge < -0.3 is 10.8 Å². The van der Waals surface area contributed by atoms with Gasteiger partial charge in [-0.05, 0) is 41.8 Å². The van der Waals surface area contributed by atoms with Gasteiger partial charge in [0.15, 0.2) is 0 Å². The van der Waals surface area contributed by atoms with E-state index in [1.807, 2.05) is 0 Å². The fraction of sp³-hybridized carbons (Fsp3) is 0. The summed E-state index contributed by atoms with van der Waals surface area (Å²) in [6.45, 7) is 0. The van der Waals surface area contributed by atoms with Crippen molar-refractivity contribution in [2.24, 2.45) is 10.2 Å². The average molecular weight is 523 g/mol. The number of anilines is 2. The van der Waals surface area contributed by atoms with Crippen LogP contribution in [0.1, 0.15) is 0 Å². The summed E-state index contributed by atoms with van der Waals surface area (Å²) in [4.78, 5) is -0.645. The minimum atomic E-state index is -4.56. The maximum absolute atomic E-state index is 12.9. The number of hydrogen-bond acceptors (Lipinski definition) is 8. The van der Waals surface area contributed by atoms with E-state index in [9.17, 15) is 26.5 Å². The van der Waals surface area contributed by atoms with E-state index in [-0.39, 0.29) is 62.3 Å². The first-order chi connectivity index (χ1) is 16.1. The predicted molar refractivity (Wildman–Crippen MR) is 135 cm³/mol. The summed E-state index contributed by atoms with van der Waals surface area (Å²) in [5.41, 5.74) is 6.49. The van der Waals surface area contributed by atoms with Crippen LogP contribution in [0.2, 0.25) is 0 Å². The Balaban J connectivity index is 0.00000342. The summed E-state index contributed by atoms with van der Waals surface area (Å²) >= 11 is 0. The van der Waals surface area contributed by atoms with Gasteiger partial charge in [0.2, 0.25) is 0 Å². The maximum atomic E-state index is 12.9. The molecule has 5 N–H and O–H groups in total. The number of benzene rings is 4. The number of para-hydroxylation sites is 1. The van der Waals surface area contributed by atoms with Crippen LogP contribution in [0.4, 0.5) is 22.7 Å². The molecule has 0 unspecified atom stereocenters.